The van der Waals surface area contributed by atoms with Crippen LogP contribution in [-0.2, 0) is 15.0 Å². The van der Waals surface area contributed by atoms with Gasteiger partial charge in [0.15, 0.2) is 11.6 Å². The minimum atomic E-state index is -0.886. The number of hydrogen-bond acceptors (Lipinski definition) is 6. The lowest BCUT2D eigenvalue weighted by molar-refractivity contribution is -0.125. The summed E-state index contributed by atoms with van der Waals surface area (Å²) in [7, 11) is 0. The third-order valence-electron chi connectivity index (χ3n) is 5.86. The Morgan fingerprint density at radius 3 is 2.50 bits per heavy atom. The summed E-state index contributed by atoms with van der Waals surface area (Å²) in [6.07, 6.45) is 0.0818. The summed E-state index contributed by atoms with van der Waals surface area (Å²) >= 11 is 9.02. The van der Waals surface area contributed by atoms with Gasteiger partial charge in [-0.05, 0) is 84.8 Å². The van der Waals surface area contributed by atoms with Crippen molar-refractivity contribution < 1.29 is 14.0 Å². The molecule has 0 saturated carbocycles. The standard InChI is InChI=1S/C28H24ClFN2O2S2/c1-18(33)27(36-24-7-4-3-6-22(24)29)23(34)16-28(2,19-14-15-35-17-19)25-8-5-9-26(32-25)31-21-12-10-20(30)11-13-21/h3-15,17,27H,16H2,1-2H3,(H,31,32). The van der Waals surface area contributed by atoms with Gasteiger partial charge in [-0.25, -0.2) is 9.37 Å². The maximum Gasteiger partial charge on any atom is 0.154 e. The monoisotopic (exact) mass is 538 g/mol. The second-order valence-electron chi connectivity index (χ2n) is 8.57. The van der Waals surface area contributed by atoms with Gasteiger partial charge in [-0.15, -0.1) is 11.8 Å². The summed E-state index contributed by atoms with van der Waals surface area (Å²) < 4.78 is 13.3. The molecule has 1 N–H and O–H groups in total. The topological polar surface area (TPSA) is 59.1 Å². The van der Waals surface area contributed by atoms with Crippen LogP contribution in [0.25, 0.3) is 0 Å². The molecular weight excluding hydrogens is 515 g/mol. The molecular formula is C28H24ClFN2O2S2. The van der Waals surface area contributed by atoms with Crippen LogP contribution in [0.15, 0.2) is 88.5 Å². The number of benzene rings is 2. The predicted octanol–water partition coefficient (Wildman–Crippen LogP) is 7.69. The van der Waals surface area contributed by atoms with Gasteiger partial charge in [-0.3, -0.25) is 9.59 Å². The Hall–Kier alpha value is -3.00. The molecule has 2 aromatic carbocycles. The highest BCUT2D eigenvalue weighted by atomic mass is 35.5. The van der Waals surface area contributed by atoms with Crippen molar-refractivity contribution in [1.29, 1.82) is 0 Å². The summed E-state index contributed by atoms with van der Waals surface area (Å²) in [4.78, 5) is 31.7. The lowest BCUT2D eigenvalue weighted by atomic mass is 9.75. The quantitative estimate of drug-likeness (QED) is 0.166. The van der Waals surface area contributed by atoms with Crippen LogP contribution in [0.5, 0.6) is 0 Å². The van der Waals surface area contributed by atoms with Crippen LogP contribution >= 0.6 is 34.7 Å². The Kier molecular flexibility index (Phi) is 8.24. The first-order valence-corrected chi connectivity index (χ1v) is 13.4. The first kappa shape index (κ1) is 26.1. The number of halogens is 2. The van der Waals surface area contributed by atoms with Gasteiger partial charge in [-0.1, -0.05) is 29.8 Å². The van der Waals surface area contributed by atoms with E-state index in [4.69, 9.17) is 16.6 Å². The summed E-state index contributed by atoms with van der Waals surface area (Å²) in [5.41, 5.74) is 1.55. The van der Waals surface area contributed by atoms with E-state index in [1.165, 1.54) is 42.2 Å². The van der Waals surface area contributed by atoms with Gasteiger partial charge >= 0.3 is 0 Å². The molecule has 0 aliphatic rings. The number of thioether (sulfide) groups is 1. The van der Waals surface area contributed by atoms with E-state index in [1.54, 1.807) is 24.3 Å². The van der Waals surface area contributed by atoms with Gasteiger partial charge < -0.3 is 5.32 Å². The van der Waals surface area contributed by atoms with Crippen LogP contribution in [-0.4, -0.2) is 21.8 Å². The van der Waals surface area contributed by atoms with Gasteiger partial charge in [0, 0.05) is 22.4 Å². The Morgan fingerprint density at radius 2 is 1.83 bits per heavy atom. The van der Waals surface area contributed by atoms with Crippen LogP contribution < -0.4 is 5.32 Å². The van der Waals surface area contributed by atoms with Crippen molar-refractivity contribution in [2.45, 2.75) is 35.8 Å². The summed E-state index contributed by atoms with van der Waals surface area (Å²) in [5, 5.41) is 6.76. The Labute approximate surface area is 222 Å². The molecule has 0 radical (unpaired) electrons. The van der Waals surface area contributed by atoms with E-state index in [1.807, 2.05) is 54.1 Å². The molecule has 8 heteroatoms. The molecule has 184 valence electrons. The fourth-order valence-corrected chi connectivity index (χ4v) is 5.93. The Balaban J connectivity index is 1.65. The van der Waals surface area contributed by atoms with Gasteiger partial charge in [0.25, 0.3) is 0 Å². The maximum atomic E-state index is 13.6. The SMILES string of the molecule is CC(=O)C(Sc1ccccc1Cl)C(=O)CC(C)(c1ccsc1)c1cccc(Nc2ccc(F)cc2)n1. The van der Waals surface area contributed by atoms with Crippen molar-refractivity contribution in [2.75, 3.05) is 5.32 Å². The number of hydrogen-bond donors (Lipinski definition) is 1. The van der Waals surface area contributed by atoms with E-state index in [0.717, 1.165) is 5.56 Å². The smallest absolute Gasteiger partial charge is 0.154 e. The fourth-order valence-electron chi connectivity index (χ4n) is 3.90. The number of thiophene rings is 1. The fraction of sp³-hybridized carbons (Fsp3) is 0.179. The lowest BCUT2D eigenvalue weighted by Gasteiger charge is -2.30. The number of carbonyl (C=O) groups excluding carboxylic acids is 2. The molecule has 0 aliphatic heterocycles. The van der Waals surface area contributed by atoms with Gasteiger partial charge in [-0.2, -0.15) is 11.3 Å². The Bertz CT molecular complexity index is 1360. The van der Waals surface area contributed by atoms with E-state index in [-0.39, 0.29) is 23.8 Å². The zero-order chi connectivity index (χ0) is 25.7. The minimum absolute atomic E-state index is 0.0818. The third-order valence-corrected chi connectivity index (χ3v) is 8.43. The number of ketones is 2. The van der Waals surface area contributed by atoms with Crippen molar-refractivity contribution >= 4 is 57.8 Å². The third kappa shape index (κ3) is 6.03. The van der Waals surface area contributed by atoms with Gasteiger partial charge in [0.2, 0.25) is 0 Å². The highest BCUT2D eigenvalue weighted by Crippen LogP contribution is 2.39. The van der Waals surface area contributed by atoms with Crippen molar-refractivity contribution in [3.63, 3.8) is 0 Å². The Morgan fingerprint density at radius 1 is 1.08 bits per heavy atom. The van der Waals surface area contributed by atoms with E-state index in [9.17, 15) is 14.0 Å². The molecule has 0 bridgehead atoms. The molecule has 0 aliphatic carbocycles. The van der Waals surface area contributed by atoms with Crippen LogP contribution in [0, 0.1) is 5.82 Å². The lowest BCUT2D eigenvalue weighted by Crippen LogP contribution is -2.34. The van der Waals surface area contributed by atoms with E-state index >= 15 is 0 Å². The van der Waals surface area contributed by atoms with E-state index in [0.29, 0.717) is 27.1 Å². The normalized spacial score (nSPS) is 13.6. The summed E-state index contributed by atoms with van der Waals surface area (Å²) in [6.45, 7) is 3.40. The number of pyridine rings is 1. The number of anilines is 2. The molecule has 2 atom stereocenters. The zero-order valence-corrected chi connectivity index (χ0v) is 22.1. The first-order valence-electron chi connectivity index (χ1n) is 11.2. The number of rotatable bonds is 10. The van der Waals surface area contributed by atoms with E-state index < -0.39 is 10.7 Å². The molecule has 0 amide bonds. The number of nitrogens with one attached hydrogen (secondary N) is 1. The molecule has 4 rings (SSSR count). The number of nitrogens with zero attached hydrogens (tertiary/aromatic N) is 1. The van der Waals surface area contributed by atoms with Crippen LogP contribution in [0.3, 0.4) is 0 Å². The summed E-state index contributed by atoms with van der Waals surface area (Å²) in [6, 6.07) is 20.7. The van der Waals surface area contributed by atoms with E-state index in [2.05, 4.69) is 5.32 Å². The molecule has 0 fully saturated rings. The highest BCUT2D eigenvalue weighted by Gasteiger charge is 2.37. The average molecular weight is 539 g/mol. The maximum absolute atomic E-state index is 13.6. The number of Topliss-reactive ketones (excluding diaryl/α,β-unsaturated/α-hetero) is 2. The molecule has 36 heavy (non-hydrogen) atoms. The number of aromatic nitrogens is 1. The average Bonchev–Trinajstić information content (AvgIpc) is 3.41. The van der Waals surface area contributed by atoms with Crippen LogP contribution in [0.4, 0.5) is 15.9 Å². The van der Waals surface area contributed by atoms with Crippen molar-refractivity contribution in [2.24, 2.45) is 0 Å². The van der Waals surface area contributed by atoms with Crippen molar-refractivity contribution in [3.05, 3.63) is 106 Å². The van der Waals surface area contributed by atoms with Gasteiger partial charge in [0.1, 0.15) is 16.9 Å². The molecule has 4 aromatic rings. The molecule has 0 saturated heterocycles. The number of carbonyl (C=O) groups is 2. The second kappa shape index (κ2) is 11.4. The largest absolute Gasteiger partial charge is 0.340 e. The van der Waals surface area contributed by atoms with Crippen LogP contribution in [0.2, 0.25) is 5.02 Å². The second-order valence-corrected chi connectivity index (χ2v) is 10.9. The minimum Gasteiger partial charge on any atom is -0.340 e. The van der Waals surface area contributed by atoms with Gasteiger partial charge in [0.05, 0.1) is 10.7 Å². The van der Waals surface area contributed by atoms with Crippen molar-refractivity contribution in [3.8, 4) is 0 Å². The summed E-state index contributed by atoms with van der Waals surface area (Å²) in [5.74, 6) is -0.167. The molecule has 4 nitrogen and oxygen atoms in total. The predicted molar refractivity (Wildman–Crippen MR) is 146 cm³/mol. The molecule has 2 heterocycles. The molecule has 0 spiro atoms. The molecule has 2 aromatic heterocycles. The van der Waals surface area contributed by atoms with Crippen LogP contribution in [0.1, 0.15) is 31.5 Å². The van der Waals surface area contributed by atoms with Crippen molar-refractivity contribution in [1.82, 2.24) is 4.98 Å². The molecule has 2 unspecified atom stereocenters. The highest BCUT2D eigenvalue weighted by molar-refractivity contribution is 8.01. The zero-order valence-electron chi connectivity index (χ0n) is 19.7. The first-order chi connectivity index (χ1) is 17.3.